The number of ether oxygens (including phenoxy) is 2. The fourth-order valence-corrected chi connectivity index (χ4v) is 3.49. The van der Waals surface area contributed by atoms with E-state index in [9.17, 15) is 9.59 Å². The number of carbonyl (C=O) groups is 2. The molecule has 8 heteroatoms. The van der Waals surface area contributed by atoms with Gasteiger partial charge in [0.05, 0.1) is 19.4 Å². The van der Waals surface area contributed by atoms with Crippen LogP contribution in [0.2, 0.25) is 0 Å². The summed E-state index contributed by atoms with van der Waals surface area (Å²) in [4.78, 5) is 26.8. The Bertz CT molecular complexity index is 992. The van der Waals surface area contributed by atoms with Gasteiger partial charge in [-0.25, -0.2) is 0 Å². The zero-order valence-electron chi connectivity index (χ0n) is 15.9. The predicted octanol–water partition coefficient (Wildman–Crippen LogP) is 4.08. The van der Waals surface area contributed by atoms with Gasteiger partial charge in [0.25, 0.3) is 11.8 Å². The van der Waals surface area contributed by atoms with E-state index in [4.69, 9.17) is 21.7 Å². The molecular weight excluding hydrogens is 456 g/mol. The molecule has 0 spiro atoms. The number of halogens is 1. The Kier molecular flexibility index (Phi) is 6.66. The average Bonchev–Trinajstić information content (AvgIpc) is 2.71. The van der Waals surface area contributed by atoms with Crippen LogP contribution >= 0.6 is 28.1 Å². The van der Waals surface area contributed by atoms with Crippen molar-refractivity contribution in [3.63, 3.8) is 0 Å². The van der Waals surface area contributed by atoms with Crippen molar-refractivity contribution in [3.8, 4) is 11.5 Å². The molecule has 0 radical (unpaired) electrons. The van der Waals surface area contributed by atoms with E-state index in [1.165, 1.54) is 18.1 Å². The van der Waals surface area contributed by atoms with Crippen molar-refractivity contribution in [2.24, 2.45) is 0 Å². The Morgan fingerprint density at radius 3 is 2.55 bits per heavy atom. The number of carbonyl (C=O) groups excluding carboxylic acids is 2. The summed E-state index contributed by atoms with van der Waals surface area (Å²) >= 11 is 8.68. The first kappa shape index (κ1) is 21.0. The van der Waals surface area contributed by atoms with Crippen LogP contribution in [0.15, 0.2) is 52.5 Å². The van der Waals surface area contributed by atoms with E-state index >= 15 is 0 Å². The highest BCUT2D eigenvalue weighted by Gasteiger charge is 2.34. The molecule has 1 aliphatic heterocycles. The van der Waals surface area contributed by atoms with Crippen LogP contribution in [-0.2, 0) is 9.59 Å². The summed E-state index contributed by atoms with van der Waals surface area (Å²) in [5, 5.41) is 2.62. The monoisotopic (exact) mass is 474 g/mol. The molecule has 1 saturated heterocycles. The summed E-state index contributed by atoms with van der Waals surface area (Å²) in [6.07, 6.45) is 2.36. The second-order valence-corrected chi connectivity index (χ2v) is 7.41. The number of anilines is 1. The predicted molar refractivity (Wildman–Crippen MR) is 119 cm³/mol. The highest BCUT2D eigenvalue weighted by Crippen LogP contribution is 2.35. The van der Waals surface area contributed by atoms with Gasteiger partial charge >= 0.3 is 0 Å². The average molecular weight is 475 g/mol. The standard InChI is InChI=1S/C21H19BrN2O4S/c1-3-9-28-18-12-16(22)13(11-17(18)27-2)10-15-19(25)23-21(29)24(20(15)26)14-7-5-4-6-8-14/h4-8,10-12H,3,9H2,1-2H3,(H,23,25,29). The smallest absolute Gasteiger partial charge is 0.270 e. The van der Waals surface area contributed by atoms with Crippen LogP contribution in [0.3, 0.4) is 0 Å². The minimum Gasteiger partial charge on any atom is -0.493 e. The van der Waals surface area contributed by atoms with E-state index in [-0.39, 0.29) is 10.7 Å². The molecule has 1 aliphatic rings. The van der Waals surface area contributed by atoms with E-state index < -0.39 is 11.8 Å². The number of rotatable bonds is 6. The maximum Gasteiger partial charge on any atom is 0.270 e. The minimum atomic E-state index is -0.552. The lowest BCUT2D eigenvalue weighted by Gasteiger charge is -2.29. The van der Waals surface area contributed by atoms with Crippen LogP contribution in [0.1, 0.15) is 18.9 Å². The van der Waals surface area contributed by atoms with Crippen molar-refractivity contribution >= 4 is 56.8 Å². The SMILES string of the molecule is CCCOc1cc(Br)c(C=C2C(=O)NC(=S)N(c3ccccc3)C2=O)cc1OC. The quantitative estimate of drug-likeness (QED) is 0.388. The summed E-state index contributed by atoms with van der Waals surface area (Å²) in [6, 6.07) is 12.4. The Morgan fingerprint density at radius 1 is 1.17 bits per heavy atom. The molecule has 0 aromatic heterocycles. The number of para-hydroxylation sites is 1. The number of amides is 2. The Labute approximate surface area is 182 Å². The third-order valence-electron chi connectivity index (χ3n) is 4.16. The third-order valence-corrected chi connectivity index (χ3v) is 5.13. The van der Waals surface area contributed by atoms with E-state index in [1.807, 2.05) is 13.0 Å². The lowest BCUT2D eigenvalue weighted by atomic mass is 10.1. The largest absolute Gasteiger partial charge is 0.493 e. The maximum absolute atomic E-state index is 13.1. The van der Waals surface area contributed by atoms with E-state index in [2.05, 4.69) is 21.2 Å². The van der Waals surface area contributed by atoms with Crippen LogP contribution < -0.4 is 19.7 Å². The first-order chi connectivity index (χ1) is 14.0. The fourth-order valence-electron chi connectivity index (χ4n) is 2.77. The number of hydrogen-bond donors (Lipinski definition) is 1. The second kappa shape index (κ2) is 9.19. The fraction of sp³-hybridized carbons (Fsp3) is 0.190. The number of hydrogen-bond acceptors (Lipinski definition) is 5. The van der Waals surface area contributed by atoms with Gasteiger partial charge in [-0.1, -0.05) is 41.1 Å². The highest BCUT2D eigenvalue weighted by atomic mass is 79.9. The van der Waals surface area contributed by atoms with Crippen molar-refractivity contribution in [1.29, 1.82) is 0 Å². The molecule has 0 aliphatic carbocycles. The van der Waals surface area contributed by atoms with Gasteiger partial charge in [0.1, 0.15) is 5.57 Å². The zero-order valence-corrected chi connectivity index (χ0v) is 18.3. The molecule has 0 saturated carbocycles. The molecule has 2 aromatic rings. The summed E-state index contributed by atoms with van der Waals surface area (Å²) in [5.74, 6) is 0.0361. The van der Waals surface area contributed by atoms with Gasteiger partial charge in [-0.2, -0.15) is 0 Å². The first-order valence-corrected chi connectivity index (χ1v) is 10.1. The van der Waals surface area contributed by atoms with Crippen LogP contribution in [0.5, 0.6) is 11.5 Å². The van der Waals surface area contributed by atoms with Gasteiger partial charge in [0.15, 0.2) is 16.6 Å². The molecule has 150 valence electrons. The number of methoxy groups -OCH3 is 1. The molecule has 0 unspecified atom stereocenters. The van der Waals surface area contributed by atoms with Crippen molar-refractivity contribution < 1.29 is 19.1 Å². The Balaban J connectivity index is 2.01. The van der Waals surface area contributed by atoms with Gasteiger partial charge in [-0.05, 0) is 54.5 Å². The maximum atomic E-state index is 13.1. The first-order valence-electron chi connectivity index (χ1n) is 8.93. The molecule has 1 heterocycles. The third kappa shape index (κ3) is 4.49. The molecular formula is C21H19BrN2O4S. The summed E-state index contributed by atoms with van der Waals surface area (Å²) in [7, 11) is 1.53. The van der Waals surface area contributed by atoms with Crippen LogP contribution in [0, 0.1) is 0 Å². The van der Waals surface area contributed by atoms with E-state index in [1.54, 1.807) is 36.4 Å². The Morgan fingerprint density at radius 2 is 1.90 bits per heavy atom. The number of thiocarbonyl (C=S) groups is 1. The zero-order chi connectivity index (χ0) is 21.0. The molecule has 1 N–H and O–H groups in total. The lowest BCUT2D eigenvalue weighted by Crippen LogP contribution is -2.54. The Hall–Kier alpha value is -2.71. The molecule has 0 bridgehead atoms. The summed E-state index contributed by atoms with van der Waals surface area (Å²) in [6.45, 7) is 2.56. The van der Waals surface area contributed by atoms with Crippen molar-refractivity contribution in [3.05, 3.63) is 58.1 Å². The van der Waals surface area contributed by atoms with Gasteiger partial charge in [0, 0.05) is 4.47 Å². The molecule has 29 heavy (non-hydrogen) atoms. The molecule has 6 nitrogen and oxygen atoms in total. The van der Waals surface area contributed by atoms with Crippen LogP contribution in [0.25, 0.3) is 6.08 Å². The van der Waals surface area contributed by atoms with Crippen LogP contribution in [0.4, 0.5) is 5.69 Å². The van der Waals surface area contributed by atoms with E-state index in [0.29, 0.717) is 33.8 Å². The number of nitrogens with zero attached hydrogens (tertiary/aromatic N) is 1. The number of nitrogens with one attached hydrogen (secondary N) is 1. The second-order valence-electron chi connectivity index (χ2n) is 6.17. The van der Waals surface area contributed by atoms with Gasteiger partial charge < -0.3 is 9.47 Å². The molecule has 2 amide bonds. The molecule has 2 aromatic carbocycles. The van der Waals surface area contributed by atoms with Crippen LogP contribution in [-0.4, -0.2) is 30.6 Å². The molecule has 1 fully saturated rings. The normalized spacial score (nSPS) is 15.5. The van der Waals surface area contributed by atoms with Crippen molar-refractivity contribution in [1.82, 2.24) is 5.32 Å². The van der Waals surface area contributed by atoms with Crippen molar-refractivity contribution in [2.75, 3.05) is 18.6 Å². The lowest BCUT2D eigenvalue weighted by molar-refractivity contribution is -0.122. The van der Waals surface area contributed by atoms with Gasteiger partial charge in [0.2, 0.25) is 0 Å². The summed E-state index contributed by atoms with van der Waals surface area (Å²) in [5.41, 5.74) is 1.14. The summed E-state index contributed by atoms with van der Waals surface area (Å²) < 4.78 is 11.7. The van der Waals surface area contributed by atoms with Gasteiger partial charge in [-0.3, -0.25) is 19.8 Å². The number of benzene rings is 2. The van der Waals surface area contributed by atoms with Gasteiger partial charge in [-0.15, -0.1) is 0 Å². The minimum absolute atomic E-state index is 0.0348. The van der Waals surface area contributed by atoms with Crippen molar-refractivity contribution in [2.45, 2.75) is 13.3 Å². The molecule has 0 atom stereocenters. The molecule has 3 rings (SSSR count). The topological polar surface area (TPSA) is 67.9 Å². The highest BCUT2D eigenvalue weighted by molar-refractivity contribution is 9.10. The van der Waals surface area contributed by atoms with E-state index in [0.717, 1.165) is 6.42 Å².